The molecule has 4 aromatic rings. The summed E-state index contributed by atoms with van der Waals surface area (Å²) in [4.78, 5) is 38.6. The number of amides is 3. The first kappa shape index (κ1) is 24.0. The second-order valence-electron chi connectivity index (χ2n) is 7.96. The predicted octanol–water partition coefficient (Wildman–Crippen LogP) is 4.99. The number of anilines is 2. The van der Waals surface area contributed by atoms with E-state index >= 15 is 0 Å². The normalized spacial score (nSPS) is 10.6. The molecule has 0 bridgehead atoms. The quantitative estimate of drug-likeness (QED) is 0.314. The fraction of sp³-hybridized carbons (Fsp3) is 0.115. The molecule has 0 aliphatic heterocycles. The lowest BCUT2D eigenvalue weighted by Gasteiger charge is -2.13. The van der Waals surface area contributed by atoms with Gasteiger partial charge in [0.2, 0.25) is 0 Å². The number of aryl methyl sites for hydroxylation is 2. The van der Waals surface area contributed by atoms with Crippen LogP contribution in [0.5, 0.6) is 5.75 Å². The summed E-state index contributed by atoms with van der Waals surface area (Å²) in [5.41, 5.74) is 6.23. The van der Waals surface area contributed by atoms with Gasteiger partial charge in [0, 0.05) is 21.2 Å². The van der Waals surface area contributed by atoms with E-state index in [1.165, 1.54) is 4.68 Å². The maximum atomic E-state index is 13.1. The van der Waals surface area contributed by atoms with Gasteiger partial charge >= 0.3 is 11.8 Å². The Morgan fingerprint density at radius 2 is 1.60 bits per heavy atom. The molecule has 0 radical (unpaired) electrons. The second-order valence-corrected chi connectivity index (χ2v) is 8.88. The van der Waals surface area contributed by atoms with Crippen LogP contribution in [0.15, 0.2) is 71.2 Å². The minimum absolute atomic E-state index is 0.154. The van der Waals surface area contributed by atoms with E-state index in [2.05, 4.69) is 32.0 Å². The third kappa shape index (κ3) is 5.36. The summed E-state index contributed by atoms with van der Waals surface area (Å²) in [6.45, 7) is 3.79. The molecule has 0 unspecified atom stereocenters. The number of rotatable bonds is 5. The van der Waals surface area contributed by atoms with E-state index in [0.29, 0.717) is 28.0 Å². The van der Waals surface area contributed by atoms with Gasteiger partial charge in [-0.3, -0.25) is 19.8 Å². The topological polar surface area (TPSA) is 101 Å². The standard InChI is InChI=1S/C26H23BrN4O4/c1-15-4-10-21(16(2)12-15)29-25(33)26(34)30-31-22-11-5-18(27)13-17(22)14-23(31)24(32)28-19-6-8-20(35-3)9-7-19/h4-14H,1-3H3,(H,28,32)(H,29,33)(H,30,34). The molecular weight excluding hydrogens is 512 g/mol. The molecule has 0 aliphatic rings. The number of hydrogen-bond donors (Lipinski definition) is 3. The molecule has 3 N–H and O–H groups in total. The van der Waals surface area contributed by atoms with Gasteiger partial charge in [-0.25, -0.2) is 4.68 Å². The van der Waals surface area contributed by atoms with Crippen molar-refractivity contribution < 1.29 is 19.1 Å². The lowest BCUT2D eigenvalue weighted by Crippen LogP contribution is -2.36. The van der Waals surface area contributed by atoms with Crippen molar-refractivity contribution in [3.63, 3.8) is 0 Å². The summed E-state index contributed by atoms with van der Waals surface area (Å²) in [5, 5.41) is 6.13. The van der Waals surface area contributed by atoms with Crippen LogP contribution < -0.4 is 20.8 Å². The highest BCUT2D eigenvalue weighted by atomic mass is 79.9. The summed E-state index contributed by atoms with van der Waals surface area (Å²) in [5.74, 6) is -1.57. The number of aromatic nitrogens is 1. The molecule has 0 spiro atoms. The van der Waals surface area contributed by atoms with Crippen LogP contribution in [0.1, 0.15) is 21.6 Å². The van der Waals surface area contributed by atoms with Crippen LogP contribution in [0.25, 0.3) is 10.9 Å². The van der Waals surface area contributed by atoms with Crippen molar-refractivity contribution >= 4 is 55.9 Å². The van der Waals surface area contributed by atoms with E-state index in [1.54, 1.807) is 55.6 Å². The SMILES string of the molecule is COc1ccc(NC(=O)c2cc3cc(Br)ccc3n2NC(=O)C(=O)Nc2ccc(C)cc2C)cc1. The third-order valence-electron chi connectivity index (χ3n) is 5.39. The van der Waals surface area contributed by atoms with Crippen LogP contribution in [0.3, 0.4) is 0 Å². The average Bonchev–Trinajstić information content (AvgIpc) is 3.18. The first-order chi connectivity index (χ1) is 16.7. The van der Waals surface area contributed by atoms with Crippen molar-refractivity contribution in [1.82, 2.24) is 4.68 Å². The molecule has 35 heavy (non-hydrogen) atoms. The minimum Gasteiger partial charge on any atom is -0.497 e. The summed E-state index contributed by atoms with van der Waals surface area (Å²) < 4.78 is 7.26. The lowest BCUT2D eigenvalue weighted by molar-refractivity contribution is -0.133. The smallest absolute Gasteiger partial charge is 0.328 e. The number of hydrogen-bond acceptors (Lipinski definition) is 4. The number of nitrogens with zero attached hydrogens (tertiary/aromatic N) is 1. The zero-order chi connectivity index (χ0) is 25.1. The first-order valence-corrected chi connectivity index (χ1v) is 11.5. The molecule has 3 aromatic carbocycles. The molecule has 178 valence electrons. The average molecular weight is 535 g/mol. The Bertz CT molecular complexity index is 1440. The van der Waals surface area contributed by atoms with E-state index in [-0.39, 0.29) is 5.69 Å². The predicted molar refractivity (Wildman–Crippen MR) is 139 cm³/mol. The number of fused-ring (bicyclic) bond motifs is 1. The second kappa shape index (κ2) is 10.0. The molecule has 9 heteroatoms. The Morgan fingerprint density at radius 1 is 0.857 bits per heavy atom. The van der Waals surface area contributed by atoms with Crippen LogP contribution in [-0.4, -0.2) is 29.5 Å². The zero-order valence-corrected chi connectivity index (χ0v) is 20.9. The summed E-state index contributed by atoms with van der Waals surface area (Å²) in [6.07, 6.45) is 0. The van der Waals surface area contributed by atoms with Gasteiger partial charge < -0.3 is 15.4 Å². The van der Waals surface area contributed by atoms with Crippen molar-refractivity contribution in [2.24, 2.45) is 0 Å². The van der Waals surface area contributed by atoms with Crippen LogP contribution >= 0.6 is 15.9 Å². The van der Waals surface area contributed by atoms with E-state index in [9.17, 15) is 14.4 Å². The maximum Gasteiger partial charge on any atom is 0.328 e. The largest absolute Gasteiger partial charge is 0.497 e. The van der Waals surface area contributed by atoms with Gasteiger partial charge in [-0.2, -0.15) is 0 Å². The van der Waals surface area contributed by atoms with E-state index in [4.69, 9.17) is 4.74 Å². The molecule has 0 fully saturated rings. The van der Waals surface area contributed by atoms with Crippen LogP contribution in [0, 0.1) is 13.8 Å². The zero-order valence-electron chi connectivity index (χ0n) is 19.3. The maximum absolute atomic E-state index is 13.1. The number of ether oxygens (including phenoxy) is 1. The Morgan fingerprint density at radius 3 is 2.29 bits per heavy atom. The van der Waals surface area contributed by atoms with Gasteiger partial charge in [0.25, 0.3) is 5.91 Å². The number of nitrogens with one attached hydrogen (secondary N) is 3. The molecular formula is C26H23BrN4O4. The number of carbonyl (C=O) groups excluding carboxylic acids is 3. The van der Waals surface area contributed by atoms with Crippen molar-refractivity contribution in [3.8, 4) is 5.75 Å². The van der Waals surface area contributed by atoms with Crippen molar-refractivity contribution in [2.45, 2.75) is 13.8 Å². The third-order valence-corrected chi connectivity index (χ3v) is 5.89. The molecule has 1 aromatic heterocycles. The van der Waals surface area contributed by atoms with Crippen molar-refractivity contribution in [3.05, 3.63) is 88.0 Å². The Labute approximate surface area is 210 Å². The highest BCUT2D eigenvalue weighted by Gasteiger charge is 2.21. The van der Waals surface area contributed by atoms with Gasteiger partial charge in [0.1, 0.15) is 11.4 Å². The van der Waals surface area contributed by atoms with Gasteiger partial charge in [0.15, 0.2) is 0 Å². The van der Waals surface area contributed by atoms with Crippen molar-refractivity contribution in [2.75, 3.05) is 23.2 Å². The molecule has 0 saturated heterocycles. The van der Waals surface area contributed by atoms with Gasteiger partial charge in [-0.1, -0.05) is 33.6 Å². The number of benzene rings is 3. The van der Waals surface area contributed by atoms with Gasteiger partial charge in [-0.15, -0.1) is 0 Å². The Hall–Kier alpha value is -4.11. The van der Waals surface area contributed by atoms with E-state index < -0.39 is 17.7 Å². The summed E-state index contributed by atoms with van der Waals surface area (Å²) >= 11 is 3.42. The molecule has 1 heterocycles. The number of halogens is 1. The fourth-order valence-electron chi connectivity index (χ4n) is 3.63. The summed E-state index contributed by atoms with van der Waals surface area (Å²) in [7, 11) is 1.56. The Kier molecular flexibility index (Phi) is 6.88. The van der Waals surface area contributed by atoms with Gasteiger partial charge in [-0.05, 0) is 74.0 Å². The molecule has 0 saturated carbocycles. The molecule has 4 rings (SSSR count). The van der Waals surface area contributed by atoms with E-state index in [0.717, 1.165) is 15.6 Å². The highest BCUT2D eigenvalue weighted by molar-refractivity contribution is 9.10. The molecule has 0 aliphatic carbocycles. The molecule has 8 nitrogen and oxygen atoms in total. The fourth-order valence-corrected chi connectivity index (χ4v) is 4.01. The highest BCUT2D eigenvalue weighted by Crippen LogP contribution is 2.24. The van der Waals surface area contributed by atoms with Crippen LogP contribution in [-0.2, 0) is 9.59 Å². The lowest BCUT2D eigenvalue weighted by atomic mass is 10.1. The van der Waals surface area contributed by atoms with Crippen LogP contribution in [0.2, 0.25) is 0 Å². The van der Waals surface area contributed by atoms with E-state index in [1.807, 2.05) is 32.0 Å². The van der Waals surface area contributed by atoms with Crippen molar-refractivity contribution in [1.29, 1.82) is 0 Å². The minimum atomic E-state index is -0.913. The summed E-state index contributed by atoms with van der Waals surface area (Å²) in [6, 6.07) is 19.3. The molecule has 3 amide bonds. The Balaban J connectivity index is 1.61. The number of carbonyl (C=O) groups is 3. The molecule has 0 atom stereocenters. The first-order valence-electron chi connectivity index (χ1n) is 10.7. The van der Waals surface area contributed by atoms with Crippen LogP contribution in [0.4, 0.5) is 11.4 Å². The van der Waals surface area contributed by atoms with Gasteiger partial charge in [0.05, 0.1) is 12.6 Å². The monoisotopic (exact) mass is 534 g/mol. The number of methoxy groups -OCH3 is 1.